The number of para-hydroxylation sites is 1. The number of unbranched alkanes of at least 4 members (excludes halogenated alkanes) is 1. The second-order valence-electron chi connectivity index (χ2n) is 4.11. The highest BCUT2D eigenvalue weighted by molar-refractivity contribution is 5.98. The molecule has 3 nitrogen and oxygen atoms in total. The predicted octanol–water partition coefficient (Wildman–Crippen LogP) is 3.03. The lowest BCUT2D eigenvalue weighted by Crippen LogP contribution is -2.19. The first-order valence-electron chi connectivity index (χ1n) is 5.98. The minimum absolute atomic E-state index is 0. The summed E-state index contributed by atoms with van der Waals surface area (Å²) in [6, 6.07) is 8.44. The molecule has 0 aliphatic carbocycles. The lowest BCUT2D eigenvalue weighted by atomic mass is 10.0. The highest BCUT2D eigenvalue weighted by atomic mass is 35.5. The van der Waals surface area contributed by atoms with E-state index in [1.54, 1.807) is 0 Å². The van der Waals surface area contributed by atoms with E-state index in [1.165, 1.54) is 11.3 Å². The van der Waals surface area contributed by atoms with Crippen molar-refractivity contribution in [3.8, 4) is 0 Å². The van der Waals surface area contributed by atoms with Gasteiger partial charge in [-0.1, -0.05) is 18.2 Å². The third-order valence-corrected chi connectivity index (χ3v) is 2.84. The summed E-state index contributed by atoms with van der Waals surface area (Å²) in [5.74, 6) is 1.12. The Labute approximate surface area is 121 Å². The minimum atomic E-state index is 0. The maximum Gasteiger partial charge on any atom is 0.101 e. The van der Waals surface area contributed by atoms with Gasteiger partial charge in [0.05, 0.1) is 0 Å². The molecule has 102 valence electrons. The van der Waals surface area contributed by atoms with Gasteiger partial charge in [-0.15, -0.1) is 24.8 Å². The Morgan fingerprint density at radius 1 is 1.11 bits per heavy atom. The number of nitrogens with two attached hydrogens (primary N) is 1. The normalized spacial score (nSPS) is 15.1. The van der Waals surface area contributed by atoms with Crippen molar-refractivity contribution in [3.63, 3.8) is 0 Å². The van der Waals surface area contributed by atoms with E-state index in [0.29, 0.717) is 0 Å². The summed E-state index contributed by atoms with van der Waals surface area (Å²) in [7, 11) is 0. The molecule has 2 rings (SSSR count). The zero-order chi connectivity index (χ0) is 11.2. The molecule has 0 fully saturated rings. The number of amidine groups is 1. The van der Waals surface area contributed by atoms with Crippen LogP contribution in [0.1, 0.15) is 24.8 Å². The maximum atomic E-state index is 5.45. The molecule has 0 saturated heterocycles. The summed E-state index contributed by atoms with van der Waals surface area (Å²) in [6.45, 7) is 1.66. The summed E-state index contributed by atoms with van der Waals surface area (Å²) in [5.41, 5.74) is 8.05. The zero-order valence-electron chi connectivity index (χ0n) is 10.4. The molecular formula is C13H21Cl2N3. The molecule has 1 aliphatic heterocycles. The van der Waals surface area contributed by atoms with Crippen LogP contribution in [0.25, 0.3) is 0 Å². The SMILES string of the molecule is Cl.Cl.NCCCCN=C1CCc2ccccc2N1. The molecule has 0 atom stereocenters. The first-order valence-corrected chi connectivity index (χ1v) is 5.98. The van der Waals surface area contributed by atoms with Crippen molar-refractivity contribution < 1.29 is 0 Å². The van der Waals surface area contributed by atoms with Crippen LogP contribution in [0, 0.1) is 0 Å². The van der Waals surface area contributed by atoms with Crippen LogP contribution in [-0.2, 0) is 6.42 Å². The average Bonchev–Trinajstić information content (AvgIpc) is 2.34. The van der Waals surface area contributed by atoms with Crippen LogP contribution < -0.4 is 11.1 Å². The lowest BCUT2D eigenvalue weighted by Gasteiger charge is -2.19. The Hall–Kier alpha value is -0.770. The molecule has 0 saturated carbocycles. The van der Waals surface area contributed by atoms with Crippen molar-refractivity contribution in [1.82, 2.24) is 0 Å². The Balaban J connectivity index is 0.00000144. The molecule has 1 heterocycles. The summed E-state index contributed by atoms with van der Waals surface area (Å²) < 4.78 is 0. The van der Waals surface area contributed by atoms with E-state index in [4.69, 9.17) is 5.73 Å². The topological polar surface area (TPSA) is 50.4 Å². The molecule has 0 unspecified atom stereocenters. The van der Waals surface area contributed by atoms with Gasteiger partial charge in [-0.25, -0.2) is 0 Å². The van der Waals surface area contributed by atoms with E-state index < -0.39 is 0 Å². The second kappa shape index (κ2) is 9.20. The van der Waals surface area contributed by atoms with Crippen LogP contribution in [0.2, 0.25) is 0 Å². The number of hydrogen-bond donors (Lipinski definition) is 2. The highest BCUT2D eigenvalue weighted by Gasteiger charge is 2.11. The fraction of sp³-hybridized carbons (Fsp3) is 0.462. The molecule has 1 aliphatic rings. The number of anilines is 1. The van der Waals surface area contributed by atoms with Crippen molar-refractivity contribution >= 4 is 36.3 Å². The number of aliphatic imine (C=N–C) groups is 1. The molecule has 0 amide bonds. The van der Waals surface area contributed by atoms with Crippen LogP contribution in [0.4, 0.5) is 5.69 Å². The third-order valence-electron chi connectivity index (χ3n) is 2.84. The number of nitrogens with one attached hydrogen (secondary N) is 1. The van der Waals surface area contributed by atoms with Gasteiger partial charge in [0, 0.05) is 18.7 Å². The summed E-state index contributed by atoms with van der Waals surface area (Å²) >= 11 is 0. The quantitative estimate of drug-likeness (QED) is 0.837. The largest absolute Gasteiger partial charge is 0.344 e. The molecule has 5 heteroatoms. The van der Waals surface area contributed by atoms with E-state index in [1.807, 2.05) is 0 Å². The Kier molecular flexibility index (Phi) is 8.81. The number of aryl methyl sites for hydroxylation is 1. The molecule has 18 heavy (non-hydrogen) atoms. The van der Waals surface area contributed by atoms with E-state index >= 15 is 0 Å². The fourth-order valence-corrected chi connectivity index (χ4v) is 1.92. The highest BCUT2D eigenvalue weighted by Crippen LogP contribution is 2.21. The van der Waals surface area contributed by atoms with Gasteiger partial charge in [-0.3, -0.25) is 4.99 Å². The Morgan fingerprint density at radius 2 is 1.89 bits per heavy atom. The number of halogens is 2. The fourth-order valence-electron chi connectivity index (χ4n) is 1.92. The van der Waals surface area contributed by atoms with Gasteiger partial charge in [-0.05, 0) is 37.4 Å². The smallest absolute Gasteiger partial charge is 0.101 e. The van der Waals surface area contributed by atoms with Crippen LogP contribution >= 0.6 is 24.8 Å². The van der Waals surface area contributed by atoms with Gasteiger partial charge in [0.15, 0.2) is 0 Å². The van der Waals surface area contributed by atoms with Gasteiger partial charge in [0.2, 0.25) is 0 Å². The van der Waals surface area contributed by atoms with Crippen molar-refractivity contribution in [2.45, 2.75) is 25.7 Å². The number of benzene rings is 1. The molecule has 0 bridgehead atoms. The first-order chi connectivity index (χ1) is 7.90. The van der Waals surface area contributed by atoms with E-state index in [-0.39, 0.29) is 24.8 Å². The lowest BCUT2D eigenvalue weighted by molar-refractivity contribution is 0.753. The molecule has 0 radical (unpaired) electrons. The number of nitrogens with zero attached hydrogens (tertiary/aromatic N) is 1. The summed E-state index contributed by atoms with van der Waals surface area (Å²) in [5, 5.41) is 3.39. The van der Waals surface area contributed by atoms with E-state index in [0.717, 1.165) is 44.6 Å². The van der Waals surface area contributed by atoms with Gasteiger partial charge in [0.25, 0.3) is 0 Å². The average molecular weight is 290 g/mol. The summed E-state index contributed by atoms with van der Waals surface area (Å²) in [6.07, 6.45) is 4.27. The molecule has 0 spiro atoms. The van der Waals surface area contributed by atoms with Crippen LogP contribution in [0.5, 0.6) is 0 Å². The molecule has 1 aromatic carbocycles. The number of hydrogen-bond acceptors (Lipinski definition) is 2. The number of fused-ring (bicyclic) bond motifs is 1. The standard InChI is InChI=1S/C13H19N3.2ClH/c14-9-3-4-10-15-13-8-7-11-5-1-2-6-12(11)16-13;;/h1-2,5-6H,3-4,7-10,14H2,(H,15,16);2*1H. The van der Waals surface area contributed by atoms with Crippen molar-refractivity contribution in [3.05, 3.63) is 29.8 Å². The first kappa shape index (κ1) is 17.2. The monoisotopic (exact) mass is 289 g/mol. The van der Waals surface area contributed by atoms with Gasteiger partial charge >= 0.3 is 0 Å². The second-order valence-corrected chi connectivity index (χ2v) is 4.11. The summed E-state index contributed by atoms with van der Waals surface area (Å²) in [4.78, 5) is 4.57. The van der Waals surface area contributed by atoms with Gasteiger partial charge in [-0.2, -0.15) is 0 Å². The van der Waals surface area contributed by atoms with Crippen molar-refractivity contribution in [2.75, 3.05) is 18.4 Å². The molecular weight excluding hydrogens is 269 g/mol. The number of rotatable bonds is 4. The van der Waals surface area contributed by atoms with E-state index in [2.05, 4.69) is 34.6 Å². The van der Waals surface area contributed by atoms with Crippen LogP contribution in [-0.4, -0.2) is 18.9 Å². The van der Waals surface area contributed by atoms with Crippen LogP contribution in [0.3, 0.4) is 0 Å². The van der Waals surface area contributed by atoms with Gasteiger partial charge < -0.3 is 11.1 Å². The molecule has 3 N–H and O–H groups in total. The predicted molar refractivity (Wildman–Crippen MR) is 83.5 cm³/mol. The Morgan fingerprint density at radius 3 is 2.67 bits per heavy atom. The van der Waals surface area contributed by atoms with Crippen LogP contribution in [0.15, 0.2) is 29.3 Å². The van der Waals surface area contributed by atoms with E-state index in [9.17, 15) is 0 Å². The minimum Gasteiger partial charge on any atom is -0.344 e. The van der Waals surface area contributed by atoms with Crippen molar-refractivity contribution in [2.24, 2.45) is 10.7 Å². The van der Waals surface area contributed by atoms with Crippen molar-refractivity contribution in [1.29, 1.82) is 0 Å². The Bertz CT molecular complexity index is 380. The molecule has 0 aromatic heterocycles. The molecule has 1 aromatic rings. The maximum absolute atomic E-state index is 5.45. The van der Waals surface area contributed by atoms with Gasteiger partial charge in [0.1, 0.15) is 5.84 Å². The third kappa shape index (κ3) is 4.84. The zero-order valence-corrected chi connectivity index (χ0v) is 12.0.